The minimum absolute atomic E-state index is 0.340. The summed E-state index contributed by atoms with van der Waals surface area (Å²) >= 11 is 9.56. The molecule has 19 heavy (non-hydrogen) atoms. The third kappa shape index (κ3) is 3.23. The van der Waals surface area contributed by atoms with Crippen LogP contribution in [0.15, 0.2) is 34.8 Å². The summed E-state index contributed by atoms with van der Waals surface area (Å²) in [6.07, 6.45) is 0. The quantitative estimate of drug-likeness (QED) is 0.820. The first-order valence-corrected chi connectivity index (χ1v) is 7.13. The second-order valence-corrected chi connectivity index (χ2v) is 5.82. The SMILES string of the molecule is Cc1ccc(NCc2ccc(Br)cc2Cl)c(C)c1O. The molecule has 0 bridgehead atoms. The minimum atomic E-state index is 0.340. The Kier molecular flexibility index (Phi) is 4.38. The van der Waals surface area contributed by atoms with Gasteiger partial charge >= 0.3 is 0 Å². The summed E-state index contributed by atoms with van der Waals surface area (Å²) in [6.45, 7) is 4.40. The molecule has 0 fully saturated rings. The van der Waals surface area contributed by atoms with Crippen LogP contribution in [0.3, 0.4) is 0 Å². The summed E-state index contributed by atoms with van der Waals surface area (Å²) in [5.74, 6) is 0.340. The molecule has 2 N–H and O–H groups in total. The van der Waals surface area contributed by atoms with Crippen molar-refractivity contribution < 1.29 is 5.11 Å². The molecular formula is C15H15BrClNO. The molecule has 0 amide bonds. The first-order valence-electron chi connectivity index (χ1n) is 5.96. The van der Waals surface area contributed by atoms with E-state index in [1.54, 1.807) is 0 Å². The second kappa shape index (κ2) is 5.85. The highest BCUT2D eigenvalue weighted by Crippen LogP contribution is 2.29. The van der Waals surface area contributed by atoms with Crippen molar-refractivity contribution in [2.75, 3.05) is 5.32 Å². The third-order valence-corrected chi connectivity index (χ3v) is 3.96. The van der Waals surface area contributed by atoms with Gasteiger partial charge in [0.25, 0.3) is 0 Å². The number of nitrogens with one attached hydrogen (secondary N) is 1. The van der Waals surface area contributed by atoms with Crippen LogP contribution < -0.4 is 5.32 Å². The maximum absolute atomic E-state index is 9.90. The highest BCUT2D eigenvalue weighted by atomic mass is 79.9. The monoisotopic (exact) mass is 339 g/mol. The molecule has 2 rings (SSSR count). The molecule has 0 aliphatic heterocycles. The van der Waals surface area contributed by atoms with Crippen molar-refractivity contribution in [3.63, 3.8) is 0 Å². The van der Waals surface area contributed by atoms with E-state index in [1.165, 1.54) is 0 Å². The smallest absolute Gasteiger partial charge is 0.123 e. The molecule has 2 nitrogen and oxygen atoms in total. The summed E-state index contributed by atoms with van der Waals surface area (Å²) in [6, 6.07) is 9.67. The molecule has 0 atom stereocenters. The maximum Gasteiger partial charge on any atom is 0.123 e. The van der Waals surface area contributed by atoms with Crippen LogP contribution in [0.25, 0.3) is 0 Å². The Hall–Kier alpha value is -1.19. The number of hydrogen-bond acceptors (Lipinski definition) is 2. The lowest BCUT2D eigenvalue weighted by Gasteiger charge is -2.13. The molecule has 0 saturated carbocycles. The van der Waals surface area contributed by atoms with Crippen LogP contribution in [-0.2, 0) is 6.54 Å². The molecule has 0 spiro atoms. The molecule has 2 aromatic carbocycles. The lowest BCUT2D eigenvalue weighted by Crippen LogP contribution is -2.02. The number of hydrogen-bond donors (Lipinski definition) is 2. The summed E-state index contributed by atoms with van der Waals surface area (Å²) in [5.41, 5.74) is 3.67. The highest BCUT2D eigenvalue weighted by molar-refractivity contribution is 9.10. The molecule has 0 heterocycles. The van der Waals surface area contributed by atoms with Crippen molar-refractivity contribution in [2.24, 2.45) is 0 Å². The fourth-order valence-corrected chi connectivity index (χ4v) is 2.62. The highest BCUT2D eigenvalue weighted by Gasteiger charge is 2.07. The van der Waals surface area contributed by atoms with Crippen LogP contribution in [0.4, 0.5) is 5.69 Å². The van der Waals surface area contributed by atoms with Crippen LogP contribution in [0.2, 0.25) is 5.02 Å². The lowest BCUT2D eigenvalue weighted by molar-refractivity contribution is 0.467. The Morgan fingerprint density at radius 3 is 2.63 bits per heavy atom. The Morgan fingerprint density at radius 1 is 1.21 bits per heavy atom. The summed E-state index contributed by atoms with van der Waals surface area (Å²) in [4.78, 5) is 0. The number of phenolic OH excluding ortho intramolecular Hbond substituents is 1. The summed E-state index contributed by atoms with van der Waals surface area (Å²) < 4.78 is 0.963. The average Bonchev–Trinajstić information content (AvgIpc) is 2.37. The predicted octanol–water partition coefficient (Wildman–Crippen LogP) is 5.04. The van der Waals surface area contributed by atoms with Crippen LogP contribution in [0, 0.1) is 13.8 Å². The van der Waals surface area contributed by atoms with Gasteiger partial charge in [0.15, 0.2) is 0 Å². The van der Waals surface area contributed by atoms with Crippen molar-refractivity contribution in [3.05, 3.63) is 56.5 Å². The van der Waals surface area contributed by atoms with E-state index in [0.717, 1.165) is 31.9 Å². The average molecular weight is 341 g/mol. The number of rotatable bonds is 3. The summed E-state index contributed by atoms with van der Waals surface area (Å²) in [5, 5.41) is 13.9. The predicted molar refractivity (Wildman–Crippen MR) is 84.1 cm³/mol. The van der Waals surface area contributed by atoms with Gasteiger partial charge in [0, 0.05) is 27.3 Å². The third-order valence-electron chi connectivity index (χ3n) is 3.12. The number of benzene rings is 2. The number of halogens is 2. The Morgan fingerprint density at radius 2 is 1.95 bits per heavy atom. The van der Waals surface area contributed by atoms with Gasteiger partial charge in [0.2, 0.25) is 0 Å². The van der Waals surface area contributed by atoms with Gasteiger partial charge in [-0.1, -0.05) is 39.7 Å². The van der Waals surface area contributed by atoms with Gasteiger partial charge in [-0.25, -0.2) is 0 Å². The molecule has 0 saturated heterocycles. The van der Waals surface area contributed by atoms with E-state index in [-0.39, 0.29) is 0 Å². The van der Waals surface area contributed by atoms with E-state index in [0.29, 0.717) is 12.3 Å². The zero-order valence-electron chi connectivity index (χ0n) is 10.8. The van der Waals surface area contributed by atoms with Crippen LogP contribution in [0.1, 0.15) is 16.7 Å². The topological polar surface area (TPSA) is 32.3 Å². The van der Waals surface area contributed by atoms with Gasteiger partial charge in [-0.3, -0.25) is 0 Å². The van der Waals surface area contributed by atoms with Crippen molar-refractivity contribution in [1.82, 2.24) is 0 Å². The molecule has 4 heteroatoms. The normalized spacial score (nSPS) is 10.5. The van der Waals surface area contributed by atoms with E-state index in [2.05, 4.69) is 21.2 Å². The largest absolute Gasteiger partial charge is 0.507 e. The minimum Gasteiger partial charge on any atom is -0.507 e. The Balaban J connectivity index is 2.17. The molecule has 100 valence electrons. The molecular weight excluding hydrogens is 326 g/mol. The van der Waals surface area contributed by atoms with E-state index in [9.17, 15) is 5.11 Å². The Labute approximate surface area is 126 Å². The maximum atomic E-state index is 9.90. The van der Waals surface area contributed by atoms with Gasteiger partial charge in [-0.15, -0.1) is 0 Å². The van der Waals surface area contributed by atoms with Gasteiger partial charge in [0.05, 0.1) is 0 Å². The van der Waals surface area contributed by atoms with E-state index in [1.807, 2.05) is 44.2 Å². The number of aryl methyl sites for hydroxylation is 1. The molecule has 0 aromatic heterocycles. The zero-order valence-corrected chi connectivity index (χ0v) is 13.1. The van der Waals surface area contributed by atoms with Crippen LogP contribution >= 0.6 is 27.5 Å². The number of aromatic hydroxyl groups is 1. The summed E-state index contributed by atoms with van der Waals surface area (Å²) in [7, 11) is 0. The first kappa shape index (κ1) is 14.2. The molecule has 0 aliphatic rings. The van der Waals surface area contributed by atoms with E-state index < -0.39 is 0 Å². The molecule has 2 aromatic rings. The fraction of sp³-hybridized carbons (Fsp3) is 0.200. The van der Waals surface area contributed by atoms with Crippen molar-refractivity contribution in [2.45, 2.75) is 20.4 Å². The second-order valence-electron chi connectivity index (χ2n) is 4.49. The number of phenols is 1. The van der Waals surface area contributed by atoms with E-state index in [4.69, 9.17) is 11.6 Å². The van der Waals surface area contributed by atoms with Gasteiger partial charge in [-0.2, -0.15) is 0 Å². The fourth-order valence-electron chi connectivity index (χ4n) is 1.88. The van der Waals surface area contributed by atoms with Gasteiger partial charge in [-0.05, 0) is 43.2 Å². The molecule has 0 unspecified atom stereocenters. The van der Waals surface area contributed by atoms with Gasteiger partial charge < -0.3 is 10.4 Å². The van der Waals surface area contributed by atoms with Crippen LogP contribution in [-0.4, -0.2) is 5.11 Å². The van der Waals surface area contributed by atoms with Crippen molar-refractivity contribution >= 4 is 33.2 Å². The lowest BCUT2D eigenvalue weighted by atomic mass is 10.1. The Bertz CT molecular complexity index is 613. The van der Waals surface area contributed by atoms with Crippen LogP contribution in [0.5, 0.6) is 5.75 Å². The van der Waals surface area contributed by atoms with Crippen molar-refractivity contribution in [1.29, 1.82) is 0 Å². The number of anilines is 1. The zero-order chi connectivity index (χ0) is 14.0. The first-order chi connectivity index (χ1) is 8.99. The van der Waals surface area contributed by atoms with E-state index >= 15 is 0 Å². The molecule has 0 aliphatic carbocycles. The standard InChI is InChI=1S/C15H15BrClNO/c1-9-3-6-14(10(2)15(9)19)18-8-11-4-5-12(16)7-13(11)17/h3-7,18-19H,8H2,1-2H3. The molecule has 0 radical (unpaired) electrons. The van der Waals surface area contributed by atoms with Gasteiger partial charge in [0.1, 0.15) is 5.75 Å². The van der Waals surface area contributed by atoms with Crippen molar-refractivity contribution in [3.8, 4) is 5.75 Å².